The molecule has 0 unspecified atom stereocenters. The second-order valence-corrected chi connectivity index (χ2v) is 4.44. The molecule has 1 saturated carbocycles. The van der Waals surface area contributed by atoms with Gasteiger partial charge in [-0.3, -0.25) is 0 Å². The molecule has 0 amide bonds. The highest BCUT2D eigenvalue weighted by atomic mass is 32.1. The summed E-state index contributed by atoms with van der Waals surface area (Å²) in [5.74, 6) is 0. The van der Waals surface area contributed by atoms with Crippen LogP contribution in [-0.2, 0) is 11.8 Å². The molecular formula is C8H8F3NOS. The van der Waals surface area contributed by atoms with Crippen molar-refractivity contribution in [3.8, 4) is 0 Å². The Bertz CT molecular complexity index is 343. The second-order valence-electron chi connectivity index (χ2n) is 3.41. The summed E-state index contributed by atoms with van der Waals surface area (Å²) >= 11 is 0.536. The van der Waals surface area contributed by atoms with Crippen LogP contribution in [0.15, 0.2) is 6.20 Å². The Kier molecular flexibility index (Phi) is 2.08. The van der Waals surface area contributed by atoms with Crippen LogP contribution in [-0.4, -0.2) is 10.1 Å². The normalized spacial score (nSPS) is 20.6. The molecule has 1 heterocycles. The van der Waals surface area contributed by atoms with E-state index in [2.05, 4.69) is 4.98 Å². The molecule has 1 N–H and O–H groups in total. The SMILES string of the molecule is OC1(c2cnc(C(F)(F)F)s2)CCC1. The highest BCUT2D eigenvalue weighted by Gasteiger charge is 2.41. The average Bonchev–Trinajstić information content (AvgIpc) is 2.46. The summed E-state index contributed by atoms with van der Waals surface area (Å²) < 4.78 is 36.5. The van der Waals surface area contributed by atoms with Gasteiger partial charge < -0.3 is 5.11 Å². The molecule has 0 radical (unpaired) electrons. The Hall–Kier alpha value is -0.620. The van der Waals surface area contributed by atoms with E-state index in [1.165, 1.54) is 0 Å². The molecule has 1 fully saturated rings. The van der Waals surface area contributed by atoms with Crippen LogP contribution in [0.1, 0.15) is 29.1 Å². The zero-order valence-corrected chi connectivity index (χ0v) is 7.95. The summed E-state index contributed by atoms with van der Waals surface area (Å²) in [7, 11) is 0. The lowest BCUT2D eigenvalue weighted by atomic mass is 9.79. The Morgan fingerprint density at radius 1 is 1.43 bits per heavy atom. The van der Waals surface area contributed by atoms with Crippen LogP contribution in [0.2, 0.25) is 0 Å². The van der Waals surface area contributed by atoms with Gasteiger partial charge in [-0.2, -0.15) is 13.2 Å². The van der Waals surface area contributed by atoms with E-state index in [0.29, 0.717) is 29.1 Å². The monoisotopic (exact) mass is 223 g/mol. The standard InChI is InChI=1S/C8H8F3NOS/c9-8(10,11)6-12-4-5(14-6)7(13)2-1-3-7/h4,13H,1-3H2. The van der Waals surface area contributed by atoms with Crippen LogP contribution in [0.4, 0.5) is 13.2 Å². The lowest BCUT2D eigenvalue weighted by Crippen LogP contribution is -2.32. The van der Waals surface area contributed by atoms with Crippen molar-refractivity contribution in [2.75, 3.05) is 0 Å². The van der Waals surface area contributed by atoms with Gasteiger partial charge in [0.2, 0.25) is 0 Å². The van der Waals surface area contributed by atoms with Crippen LogP contribution < -0.4 is 0 Å². The van der Waals surface area contributed by atoms with Crippen molar-refractivity contribution in [2.24, 2.45) is 0 Å². The van der Waals surface area contributed by atoms with E-state index < -0.39 is 16.8 Å². The van der Waals surface area contributed by atoms with Crippen molar-refractivity contribution in [3.63, 3.8) is 0 Å². The maximum absolute atomic E-state index is 12.2. The topological polar surface area (TPSA) is 33.1 Å². The van der Waals surface area contributed by atoms with Gasteiger partial charge in [-0.1, -0.05) is 0 Å². The van der Waals surface area contributed by atoms with Crippen molar-refractivity contribution < 1.29 is 18.3 Å². The molecule has 0 aliphatic heterocycles. The third-order valence-corrected chi connectivity index (χ3v) is 3.62. The molecule has 0 bridgehead atoms. The Morgan fingerprint density at radius 2 is 2.07 bits per heavy atom. The summed E-state index contributed by atoms with van der Waals surface area (Å²) in [4.78, 5) is 3.60. The fourth-order valence-electron chi connectivity index (χ4n) is 1.38. The van der Waals surface area contributed by atoms with Crippen molar-refractivity contribution in [2.45, 2.75) is 31.0 Å². The number of halogens is 3. The first-order valence-corrected chi connectivity index (χ1v) is 4.99. The molecule has 0 spiro atoms. The molecule has 2 rings (SSSR count). The summed E-state index contributed by atoms with van der Waals surface area (Å²) in [6.07, 6.45) is -1.34. The first kappa shape index (κ1) is 9.92. The molecule has 78 valence electrons. The zero-order valence-electron chi connectivity index (χ0n) is 7.14. The van der Waals surface area contributed by atoms with Crippen LogP contribution in [0.25, 0.3) is 0 Å². The first-order chi connectivity index (χ1) is 6.42. The largest absolute Gasteiger partial charge is 0.443 e. The van der Waals surface area contributed by atoms with E-state index in [1.54, 1.807) is 0 Å². The molecule has 0 atom stereocenters. The summed E-state index contributed by atoms with van der Waals surface area (Å²) in [5, 5.41) is 8.88. The van der Waals surface area contributed by atoms with Gasteiger partial charge in [0.15, 0.2) is 5.01 Å². The van der Waals surface area contributed by atoms with Crippen molar-refractivity contribution in [1.82, 2.24) is 4.98 Å². The minimum atomic E-state index is -4.40. The quantitative estimate of drug-likeness (QED) is 0.793. The van der Waals surface area contributed by atoms with E-state index in [1.807, 2.05) is 0 Å². The molecule has 1 aromatic heterocycles. The van der Waals surface area contributed by atoms with Gasteiger partial charge in [0, 0.05) is 6.20 Å². The number of hydrogen-bond donors (Lipinski definition) is 1. The highest BCUT2D eigenvalue weighted by molar-refractivity contribution is 7.11. The van der Waals surface area contributed by atoms with Gasteiger partial charge in [-0.25, -0.2) is 4.98 Å². The van der Waals surface area contributed by atoms with Crippen LogP contribution in [0, 0.1) is 0 Å². The predicted molar refractivity (Wildman–Crippen MR) is 44.9 cm³/mol. The first-order valence-electron chi connectivity index (χ1n) is 4.18. The van der Waals surface area contributed by atoms with E-state index in [-0.39, 0.29) is 0 Å². The van der Waals surface area contributed by atoms with Gasteiger partial charge >= 0.3 is 6.18 Å². The molecule has 1 aromatic rings. The Morgan fingerprint density at radius 3 is 2.43 bits per heavy atom. The van der Waals surface area contributed by atoms with Crippen molar-refractivity contribution >= 4 is 11.3 Å². The number of aromatic nitrogens is 1. The number of hydrogen-bond acceptors (Lipinski definition) is 3. The Balaban J connectivity index is 2.26. The minimum absolute atomic E-state index is 0.330. The third-order valence-electron chi connectivity index (χ3n) is 2.39. The zero-order chi connectivity index (χ0) is 10.4. The number of thiazole rings is 1. The third kappa shape index (κ3) is 1.52. The summed E-state index contributed by atoms with van der Waals surface area (Å²) in [6.45, 7) is 0. The van der Waals surface area contributed by atoms with Crippen molar-refractivity contribution in [1.29, 1.82) is 0 Å². The van der Waals surface area contributed by atoms with Crippen molar-refractivity contribution in [3.05, 3.63) is 16.1 Å². The van der Waals surface area contributed by atoms with E-state index in [9.17, 15) is 18.3 Å². The van der Waals surface area contributed by atoms with Gasteiger partial charge in [0.25, 0.3) is 0 Å². The summed E-state index contributed by atoms with van der Waals surface area (Å²) in [5.41, 5.74) is -1.04. The van der Waals surface area contributed by atoms with E-state index >= 15 is 0 Å². The molecule has 1 aliphatic carbocycles. The number of rotatable bonds is 1. The van der Waals surface area contributed by atoms with Crippen LogP contribution in [0.5, 0.6) is 0 Å². The van der Waals surface area contributed by atoms with Gasteiger partial charge in [0.1, 0.15) is 5.60 Å². The molecule has 0 saturated heterocycles. The van der Waals surface area contributed by atoms with E-state index in [0.717, 1.165) is 12.6 Å². The number of nitrogens with zero attached hydrogens (tertiary/aromatic N) is 1. The summed E-state index contributed by atoms with van der Waals surface area (Å²) in [6, 6.07) is 0. The van der Waals surface area contributed by atoms with Crippen LogP contribution in [0.3, 0.4) is 0 Å². The van der Waals surface area contributed by atoms with E-state index in [4.69, 9.17) is 0 Å². The molecular weight excluding hydrogens is 215 g/mol. The average molecular weight is 223 g/mol. The molecule has 1 aliphatic rings. The minimum Gasteiger partial charge on any atom is -0.384 e. The fraction of sp³-hybridized carbons (Fsp3) is 0.625. The van der Waals surface area contributed by atoms with Crippen LogP contribution >= 0.6 is 11.3 Å². The lowest BCUT2D eigenvalue weighted by Gasteiger charge is -2.35. The molecule has 6 heteroatoms. The fourth-order valence-corrected chi connectivity index (χ4v) is 2.31. The number of alkyl halides is 3. The molecule has 2 nitrogen and oxygen atoms in total. The maximum Gasteiger partial charge on any atom is 0.443 e. The van der Waals surface area contributed by atoms with Gasteiger partial charge in [-0.05, 0) is 19.3 Å². The predicted octanol–water partition coefficient (Wildman–Crippen LogP) is 2.53. The number of aliphatic hydroxyl groups is 1. The lowest BCUT2D eigenvalue weighted by molar-refractivity contribution is -0.137. The molecule has 14 heavy (non-hydrogen) atoms. The molecule has 0 aromatic carbocycles. The van der Waals surface area contributed by atoms with Gasteiger partial charge in [-0.15, -0.1) is 11.3 Å². The maximum atomic E-state index is 12.2. The highest BCUT2D eigenvalue weighted by Crippen LogP contribution is 2.45. The van der Waals surface area contributed by atoms with Gasteiger partial charge in [0.05, 0.1) is 4.88 Å². The second kappa shape index (κ2) is 2.93. The smallest absolute Gasteiger partial charge is 0.384 e. The Labute approximate surface area is 82.4 Å².